The molecule has 0 saturated heterocycles. The maximum atomic E-state index is 12.5. The fourth-order valence-electron chi connectivity index (χ4n) is 4.03. The first-order chi connectivity index (χ1) is 17.6. The monoisotopic (exact) mass is 499 g/mol. The smallest absolute Gasteiger partial charge is 0.409 e. The van der Waals surface area contributed by atoms with Crippen LogP contribution in [0.15, 0.2) is 48.5 Å². The second-order valence-electron chi connectivity index (χ2n) is 8.53. The van der Waals surface area contributed by atoms with Crippen LogP contribution >= 0.6 is 0 Å². The average molecular weight is 500 g/mol. The number of ether oxygens (including phenoxy) is 5. The van der Waals surface area contributed by atoms with E-state index in [0.29, 0.717) is 59.2 Å². The number of hydrogen-bond acceptors (Lipinski definition) is 7. The zero-order valence-corrected chi connectivity index (χ0v) is 21.3. The van der Waals surface area contributed by atoms with Gasteiger partial charge in [0.2, 0.25) is 0 Å². The second kappa shape index (κ2) is 15.2. The van der Waals surface area contributed by atoms with Crippen molar-refractivity contribution >= 4 is 12.1 Å². The molecule has 2 aromatic rings. The Labute approximate surface area is 213 Å². The first-order valence-corrected chi connectivity index (χ1v) is 12.6. The first-order valence-electron chi connectivity index (χ1n) is 12.6. The molecule has 0 N–H and O–H groups in total. The zero-order valence-electron chi connectivity index (χ0n) is 21.3. The van der Waals surface area contributed by atoms with Crippen molar-refractivity contribution in [3.05, 3.63) is 59.7 Å². The predicted octanol–water partition coefficient (Wildman–Crippen LogP) is 4.26. The van der Waals surface area contributed by atoms with E-state index in [2.05, 4.69) is 24.3 Å². The lowest BCUT2D eigenvalue weighted by atomic mass is 9.98. The molecule has 0 unspecified atom stereocenters. The summed E-state index contributed by atoms with van der Waals surface area (Å²) in [5, 5.41) is 0. The number of amides is 1. The van der Waals surface area contributed by atoms with Crippen molar-refractivity contribution in [1.29, 1.82) is 0 Å². The van der Waals surface area contributed by atoms with Crippen LogP contribution in [0.3, 0.4) is 0 Å². The highest BCUT2D eigenvalue weighted by atomic mass is 16.6. The number of carbonyl (C=O) groups excluding carboxylic acids is 2. The number of benzene rings is 2. The summed E-state index contributed by atoms with van der Waals surface area (Å²) in [5.41, 5.74) is 4.80. The number of esters is 1. The van der Waals surface area contributed by atoms with E-state index in [1.807, 2.05) is 31.2 Å². The van der Waals surface area contributed by atoms with Gasteiger partial charge in [0.15, 0.2) is 0 Å². The summed E-state index contributed by atoms with van der Waals surface area (Å²) < 4.78 is 27.0. The molecule has 1 aliphatic rings. The van der Waals surface area contributed by atoms with Crippen LogP contribution in [-0.2, 0) is 28.5 Å². The Balaban J connectivity index is 1.22. The average Bonchev–Trinajstić information content (AvgIpc) is 3.21. The molecule has 8 nitrogen and oxygen atoms in total. The number of carbonyl (C=O) groups is 2. The minimum Gasteiger partial charge on any atom is -0.463 e. The lowest BCUT2D eigenvalue weighted by Crippen LogP contribution is -2.32. The van der Waals surface area contributed by atoms with Gasteiger partial charge in [0.25, 0.3) is 0 Å². The number of likely N-dealkylation sites (N-methyl/N-ethyl adjacent to an activating group) is 1. The van der Waals surface area contributed by atoms with Crippen LogP contribution in [0.25, 0.3) is 11.1 Å². The van der Waals surface area contributed by atoms with Crippen molar-refractivity contribution in [1.82, 2.24) is 4.90 Å². The minimum absolute atomic E-state index is 0.0446. The summed E-state index contributed by atoms with van der Waals surface area (Å²) in [6.45, 7) is 5.39. The number of rotatable bonds is 16. The normalized spacial score (nSPS) is 12.2. The van der Waals surface area contributed by atoms with Crippen molar-refractivity contribution in [2.75, 3.05) is 66.4 Å². The van der Waals surface area contributed by atoms with Gasteiger partial charge in [0, 0.05) is 25.9 Å². The van der Waals surface area contributed by atoms with Gasteiger partial charge in [0.05, 0.1) is 39.6 Å². The summed E-state index contributed by atoms with van der Waals surface area (Å²) in [4.78, 5) is 25.2. The highest BCUT2D eigenvalue weighted by molar-refractivity contribution is 5.79. The molecule has 0 fully saturated rings. The Kier molecular flexibility index (Phi) is 11.7. The Morgan fingerprint density at radius 2 is 1.28 bits per heavy atom. The molecule has 0 atom stereocenters. The minimum atomic E-state index is -0.366. The second-order valence-corrected chi connectivity index (χ2v) is 8.53. The molecule has 0 aliphatic heterocycles. The molecule has 0 bridgehead atoms. The van der Waals surface area contributed by atoms with E-state index >= 15 is 0 Å². The lowest BCUT2D eigenvalue weighted by Gasteiger charge is -2.19. The predicted molar refractivity (Wildman–Crippen MR) is 136 cm³/mol. The quantitative estimate of drug-likeness (QED) is 0.252. The third kappa shape index (κ3) is 8.33. The van der Waals surface area contributed by atoms with Crippen molar-refractivity contribution in [2.24, 2.45) is 0 Å². The fraction of sp³-hybridized carbons (Fsp3) is 0.500. The molecule has 0 aromatic heterocycles. The molecule has 0 spiro atoms. The lowest BCUT2D eigenvalue weighted by molar-refractivity contribution is -0.145. The summed E-state index contributed by atoms with van der Waals surface area (Å²) in [6.07, 6.45) is 0.848. The number of nitrogens with zero attached hydrogens (tertiary/aromatic N) is 1. The van der Waals surface area contributed by atoms with E-state index in [1.54, 1.807) is 7.05 Å². The SMILES string of the molecule is CCCC(=O)OCCOCCOCCOCCN(C)C(=O)OCC1c2ccccc2-c2ccccc21. The molecule has 3 rings (SSSR count). The van der Waals surface area contributed by atoms with Crippen LogP contribution in [-0.4, -0.2) is 83.4 Å². The molecule has 8 heteroatoms. The van der Waals surface area contributed by atoms with Gasteiger partial charge >= 0.3 is 12.1 Å². The van der Waals surface area contributed by atoms with Gasteiger partial charge in [-0.05, 0) is 28.7 Å². The van der Waals surface area contributed by atoms with Gasteiger partial charge in [-0.3, -0.25) is 4.79 Å². The third-order valence-corrected chi connectivity index (χ3v) is 5.91. The number of hydrogen-bond donors (Lipinski definition) is 0. The van der Waals surface area contributed by atoms with Gasteiger partial charge in [0.1, 0.15) is 13.2 Å². The molecule has 2 aromatic carbocycles. The van der Waals surface area contributed by atoms with E-state index in [0.717, 1.165) is 6.42 Å². The Morgan fingerprint density at radius 1 is 0.750 bits per heavy atom. The molecule has 1 amide bonds. The molecule has 196 valence electrons. The topological polar surface area (TPSA) is 83.5 Å². The highest BCUT2D eigenvalue weighted by Gasteiger charge is 2.29. The van der Waals surface area contributed by atoms with Gasteiger partial charge in [-0.2, -0.15) is 0 Å². The molecular weight excluding hydrogens is 462 g/mol. The van der Waals surface area contributed by atoms with Crippen LogP contribution in [0.1, 0.15) is 36.8 Å². The molecular formula is C28H37NO7. The molecule has 36 heavy (non-hydrogen) atoms. The molecule has 0 radical (unpaired) electrons. The zero-order chi connectivity index (χ0) is 25.6. The Morgan fingerprint density at radius 3 is 1.86 bits per heavy atom. The summed E-state index contributed by atoms with van der Waals surface area (Å²) in [7, 11) is 1.70. The summed E-state index contributed by atoms with van der Waals surface area (Å²) in [5.74, 6) is -0.151. The van der Waals surface area contributed by atoms with Crippen molar-refractivity contribution in [3.8, 4) is 11.1 Å². The summed E-state index contributed by atoms with van der Waals surface area (Å²) in [6, 6.07) is 16.5. The van der Waals surface area contributed by atoms with Crippen LogP contribution in [0.4, 0.5) is 4.79 Å². The first kappa shape index (κ1) is 27.6. The molecule has 0 heterocycles. The summed E-state index contributed by atoms with van der Waals surface area (Å²) >= 11 is 0. The third-order valence-electron chi connectivity index (χ3n) is 5.91. The van der Waals surface area contributed by atoms with Crippen LogP contribution < -0.4 is 0 Å². The fourth-order valence-corrected chi connectivity index (χ4v) is 4.03. The maximum absolute atomic E-state index is 12.5. The van der Waals surface area contributed by atoms with E-state index in [9.17, 15) is 9.59 Å². The molecule has 1 aliphatic carbocycles. The van der Waals surface area contributed by atoms with E-state index < -0.39 is 0 Å². The van der Waals surface area contributed by atoms with Crippen molar-refractivity contribution < 1.29 is 33.3 Å². The largest absolute Gasteiger partial charge is 0.463 e. The van der Waals surface area contributed by atoms with Crippen molar-refractivity contribution in [3.63, 3.8) is 0 Å². The number of fused-ring (bicyclic) bond motifs is 3. The van der Waals surface area contributed by atoms with Crippen LogP contribution in [0, 0.1) is 0 Å². The van der Waals surface area contributed by atoms with Crippen LogP contribution in [0.2, 0.25) is 0 Å². The Hall–Kier alpha value is -2.94. The highest BCUT2D eigenvalue weighted by Crippen LogP contribution is 2.44. The standard InChI is InChI=1S/C28H37NO7/c1-3-8-27(30)35-20-19-34-18-17-33-16-15-32-14-13-29(2)28(31)36-21-26-24-11-6-4-9-22(24)23-10-5-7-12-25(23)26/h4-7,9-12,26H,3,8,13-21H2,1-2H3. The Bertz CT molecular complexity index is 919. The maximum Gasteiger partial charge on any atom is 0.409 e. The van der Waals surface area contributed by atoms with Gasteiger partial charge in [-0.1, -0.05) is 55.5 Å². The molecule has 0 saturated carbocycles. The van der Waals surface area contributed by atoms with Gasteiger partial charge in [-0.25, -0.2) is 4.79 Å². The van der Waals surface area contributed by atoms with Crippen LogP contribution in [0.5, 0.6) is 0 Å². The van der Waals surface area contributed by atoms with Crippen molar-refractivity contribution in [2.45, 2.75) is 25.7 Å². The van der Waals surface area contributed by atoms with E-state index in [-0.39, 0.29) is 24.6 Å². The van der Waals surface area contributed by atoms with Gasteiger partial charge in [-0.15, -0.1) is 0 Å². The van der Waals surface area contributed by atoms with E-state index in [4.69, 9.17) is 23.7 Å². The van der Waals surface area contributed by atoms with Gasteiger partial charge < -0.3 is 28.6 Å². The van der Waals surface area contributed by atoms with E-state index in [1.165, 1.54) is 27.2 Å².